The smallest absolute Gasteiger partial charge is 0.335 e. The summed E-state index contributed by atoms with van der Waals surface area (Å²) in [6.45, 7) is 6.01. The van der Waals surface area contributed by atoms with Crippen LogP contribution >= 0.6 is 0 Å². The minimum absolute atomic E-state index is 0.00774. The lowest BCUT2D eigenvalue weighted by Gasteiger charge is -2.14. The lowest BCUT2D eigenvalue weighted by atomic mass is 10.0. The number of para-hydroxylation sites is 2. The third-order valence-corrected chi connectivity index (χ3v) is 5.48. The van der Waals surface area contributed by atoms with Gasteiger partial charge < -0.3 is 10.6 Å². The Balaban J connectivity index is 1.65. The predicted octanol–water partition coefficient (Wildman–Crippen LogP) is 1.94. The van der Waals surface area contributed by atoms with Crippen LogP contribution in [0.15, 0.2) is 29.1 Å². The van der Waals surface area contributed by atoms with Gasteiger partial charge in [-0.1, -0.05) is 12.1 Å². The molecule has 0 radical (unpaired) electrons. The average Bonchev–Trinajstić information content (AvgIpc) is 3.17. The van der Waals surface area contributed by atoms with Gasteiger partial charge in [0.05, 0.1) is 11.0 Å². The molecule has 2 aliphatic rings. The fourth-order valence-corrected chi connectivity index (χ4v) is 4.39. The monoisotopic (exact) mass is 328 g/mol. The van der Waals surface area contributed by atoms with Gasteiger partial charge in [-0.25, -0.2) is 14.2 Å². The number of rotatable bonds is 2. The quantitative estimate of drug-likeness (QED) is 0.885. The first-order chi connectivity index (χ1) is 11.6. The molecule has 6 nitrogen and oxygen atoms in total. The first-order valence-electron chi connectivity index (χ1n) is 8.80. The van der Waals surface area contributed by atoms with Gasteiger partial charge in [0.1, 0.15) is 0 Å². The molecule has 0 spiro atoms. The van der Waals surface area contributed by atoms with Crippen molar-refractivity contribution in [2.75, 3.05) is 13.1 Å². The minimum Gasteiger partial charge on any atom is -0.335 e. The van der Waals surface area contributed by atoms with Crippen LogP contribution in [0.3, 0.4) is 0 Å². The number of carbonyl (C=O) groups is 1. The Kier molecular flexibility index (Phi) is 3.72. The van der Waals surface area contributed by atoms with Crippen LogP contribution in [0, 0.1) is 11.8 Å². The third kappa shape index (κ3) is 2.36. The largest absolute Gasteiger partial charge is 0.337 e. The Bertz CT molecular complexity index is 823. The van der Waals surface area contributed by atoms with Crippen molar-refractivity contribution in [3.63, 3.8) is 0 Å². The van der Waals surface area contributed by atoms with E-state index in [1.807, 2.05) is 38.1 Å². The van der Waals surface area contributed by atoms with Crippen molar-refractivity contribution in [3.8, 4) is 0 Å². The highest BCUT2D eigenvalue weighted by Gasteiger charge is 2.38. The molecule has 24 heavy (non-hydrogen) atoms. The van der Waals surface area contributed by atoms with Crippen molar-refractivity contribution in [2.45, 2.75) is 38.8 Å². The molecule has 1 aliphatic carbocycles. The molecule has 0 bridgehead atoms. The first kappa shape index (κ1) is 15.4. The molecule has 2 aromatic rings. The number of amides is 1. The minimum atomic E-state index is -0.298. The zero-order valence-corrected chi connectivity index (χ0v) is 14.2. The summed E-state index contributed by atoms with van der Waals surface area (Å²) in [5.74, 6) is 1.31. The Hall–Kier alpha value is -2.08. The van der Waals surface area contributed by atoms with Crippen LogP contribution in [0.1, 0.15) is 32.7 Å². The lowest BCUT2D eigenvalue weighted by Crippen LogP contribution is -2.42. The zero-order valence-electron chi connectivity index (χ0n) is 14.2. The summed E-state index contributed by atoms with van der Waals surface area (Å²) in [7, 11) is 0. The van der Waals surface area contributed by atoms with Crippen LogP contribution in [-0.2, 0) is 0 Å². The number of hydrogen-bond donors (Lipinski definition) is 2. The molecule has 1 saturated carbocycles. The number of aromatic nitrogens is 2. The predicted molar refractivity (Wildman–Crippen MR) is 93.4 cm³/mol. The molecule has 1 saturated heterocycles. The summed E-state index contributed by atoms with van der Waals surface area (Å²) < 4.78 is 2.98. The Morgan fingerprint density at radius 2 is 1.79 bits per heavy atom. The van der Waals surface area contributed by atoms with Crippen LogP contribution in [0.4, 0.5) is 4.79 Å². The van der Waals surface area contributed by atoms with Crippen LogP contribution in [0.25, 0.3) is 11.0 Å². The van der Waals surface area contributed by atoms with E-state index in [9.17, 15) is 9.59 Å². The molecule has 2 atom stereocenters. The highest BCUT2D eigenvalue weighted by molar-refractivity contribution is 5.89. The van der Waals surface area contributed by atoms with Crippen LogP contribution < -0.4 is 16.3 Å². The van der Waals surface area contributed by atoms with Crippen LogP contribution in [-0.4, -0.2) is 34.3 Å². The second-order valence-corrected chi connectivity index (χ2v) is 7.37. The summed E-state index contributed by atoms with van der Waals surface area (Å²) in [5.41, 5.74) is 1.22. The molecule has 1 aliphatic heterocycles. The van der Waals surface area contributed by atoms with E-state index in [2.05, 4.69) is 10.6 Å². The highest BCUT2D eigenvalue weighted by Crippen LogP contribution is 2.34. The van der Waals surface area contributed by atoms with Crippen molar-refractivity contribution in [2.24, 2.45) is 11.8 Å². The van der Waals surface area contributed by atoms with Gasteiger partial charge in [0, 0.05) is 12.1 Å². The molecule has 6 heteroatoms. The number of benzene rings is 1. The molecular weight excluding hydrogens is 304 g/mol. The maximum atomic E-state index is 12.8. The van der Waals surface area contributed by atoms with E-state index in [0.29, 0.717) is 17.4 Å². The Morgan fingerprint density at radius 1 is 1.17 bits per heavy atom. The molecule has 2 N–H and O–H groups in total. The van der Waals surface area contributed by atoms with Gasteiger partial charge in [-0.2, -0.15) is 0 Å². The van der Waals surface area contributed by atoms with Crippen molar-refractivity contribution < 1.29 is 4.79 Å². The lowest BCUT2D eigenvalue weighted by molar-refractivity contribution is 0.238. The number of carbonyl (C=O) groups excluding carboxylic acids is 1. The first-order valence-corrected chi connectivity index (χ1v) is 8.80. The number of nitrogens with zero attached hydrogens (tertiary/aromatic N) is 2. The van der Waals surface area contributed by atoms with Crippen LogP contribution in [0.5, 0.6) is 0 Å². The van der Waals surface area contributed by atoms with E-state index in [1.54, 1.807) is 4.57 Å². The van der Waals surface area contributed by atoms with Gasteiger partial charge in [0.15, 0.2) is 0 Å². The fraction of sp³-hybridized carbons (Fsp3) is 0.556. The van der Waals surface area contributed by atoms with E-state index in [-0.39, 0.29) is 23.8 Å². The van der Waals surface area contributed by atoms with Gasteiger partial charge in [-0.15, -0.1) is 0 Å². The Morgan fingerprint density at radius 3 is 2.42 bits per heavy atom. The van der Waals surface area contributed by atoms with E-state index in [1.165, 1.54) is 4.57 Å². The second kappa shape index (κ2) is 5.77. The summed E-state index contributed by atoms with van der Waals surface area (Å²) in [5, 5.41) is 6.50. The summed E-state index contributed by atoms with van der Waals surface area (Å²) in [4.78, 5) is 25.6. The van der Waals surface area contributed by atoms with Gasteiger partial charge in [-0.3, -0.25) is 4.57 Å². The topological polar surface area (TPSA) is 68.1 Å². The average molecular weight is 328 g/mol. The van der Waals surface area contributed by atoms with E-state index >= 15 is 0 Å². The van der Waals surface area contributed by atoms with Crippen molar-refractivity contribution in [1.29, 1.82) is 0 Å². The highest BCUT2D eigenvalue weighted by atomic mass is 16.2. The number of nitrogens with one attached hydrogen (secondary N) is 2. The third-order valence-electron chi connectivity index (χ3n) is 5.48. The van der Waals surface area contributed by atoms with Gasteiger partial charge in [-0.05, 0) is 63.7 Å². The maximum Gasteiger partial charge on any atom is 0.337 e. The van der Waals surface area contributed by atoms with Gasteiger partial charge in [0.2, 0.25) is 0 Å². The SMILES string of the molecule is CC(C)n1c(=O)n(C(=O)NC2CC3CNCC3C2)c2ccccc21. The van der Waals surface area contributed by atoms with E-state index in [0.717, 1.165) is 31.4 Å². The molecule has 1 aromatic carbocycles. The second-order valence-electron chi connectivity index (χ2n) is 7.37. The van der Waals surface area contributed by atoms with Gasteiger partial charge in [0.25, 0.3) is 0 Å². The number of hydrogen-bond acceptors (Lipinski definition) is 3. The van der Waals surface area contributed by atoms with Crippen molar-refractivity contribution >= 4 is 17.1 Å². The molecule has 4 rings (SSSR count). The molecule has 2 heterocycles. The maximum absolute atomic E-state index is 12.8. The van der Waals surface area contributed by atoms with Gasteiger partial charge >= 0.3 is 11.7 Å². The standard InChI is InChI=1S/C18H24N4O2/c1-11(2)21-15-5-3-4-6-16(15)22(18(21)24)17(23)20-14-7-12-9-19-10-13(12)8-14/h3-6,11-14,19H,7-10H2,1-2H3,(H,20,23). The zero-order chi connectivity index (χ0) is 16.8. The fourth-order valence-electron chi connectivity index (χ4n) is 4.39. The molecular formula is C18H24N4O2. The van der Waals surface area contributed by atoms with Crippen molar-refractivity contribution in [1.82, 2.24) is 19.8 Å². The number of fused-ring (bicyclic) bond motifs is 2. The summed E-state index contributed by atoms with van der Waals surface area (Å²) in [6, 6.07) is 7.37. The van der Waals surface area contributed by atoms with E-state index in [4.69, 9.17) is 0 Å². The van der Waals surface area contributed by atoms with Crippen molar-refractivity contribution in [3.05, 3.63) is 34.7 Å². The molecule has 1 aromatic heterocycles. The molecule has 2 unspecified atom stereocenters. The molecule has 2 fully saturated rings. The normalized spacial score (nSPS) is 26.2. The molecule has 128 valence electrons. The number of imidazole rings is 1. The van der Waals surface area contributed by atoms with Crippen LogP contribution in [0.2, 0.25) is 0 Å². The summed E-state index contributed by atoms with van der Waals surface area (Å²) in [6.07, 6.45) is 2.00. The Labute approximate surface area is 140 Å². The summed E-state index contributed by atoms with van der Waals surface area (Å²) >= 11 is 0. The van der Waals surface area contributed by atoms with E-state index < -0.39 is 0 Å². The molecule has 1 amide bonds.